The van der Waals surface area contributed by atoms with Gasteiger partial charge in [0, 0.05) is 5.69 Å². The summed E-state index contributed by atoms with van der Waals surface area (Å²) >= 11 is 0. The Kier molecular flexibility index (Phi) is 3.75. The van der Waals surface area contributed by atoms with Crippen molar-refractivity contribution >= 4 is 22.8 Å². The predicted octanol–water partition coefficient (Wildman–Crippen LogP) is 3.25. The highest BCUT2D eigenvalue weighted by Crippen LogP contribution is 2.24. The number of nitrogens with one attached hydrogen (secondary N) is 1. The second-order valence-corrected chi connectivity index (χ2v) is 4.71. The number of fused-ring (bicyclic) bond motifs is 1. The minimum atomic E-state index is 0.00230. The molecule has 5 nitrogen and oxygen atoms in total. The molecule has 0 fully saturated rings. The van der Waals surface area contributed by atoms with Crippen molar-refractivity contribution in [2.24, 2.45) is 0 Å². The number of oxazole rings is 1. The van der Waals surface area contributed by atoms with Crippen LogP contribution in [0.25, 0.3) is 11.1 Å². The van der Waals surface area contributed by atoms with Crippen molar-refractivity contribution in [1.82, 2.24) is 4.98 Å². The van der Waals surface area contributed by atoms with Gasteiger partial charge in [0.25, 0.3) is 6.01 Å². The summed E-state index contributed by atoms with van der Waals surface area (Å²) in [6.45, 7) is 2.31. The zero-order chi connectivity index (χ0) is 14.7. The van der Waals surface area contributed by atoms with Crippen molar-refractivity contribution in [2.45, 2.75) is 6.92 Å². The number of nitrogens with zero attached hydrogens (tertiary/aromatic N) is 1. The molecular weight excluding hydrogens is 268 g/mol. The molecule has 0 unspecified atom stereocenters. The normalized spacial score (nSPS) is 10.8. The molecule has 0 aliphatic rings. The first-order valence-electron chi connectivity index (χ1n) is 6.72. The second kappa shape index (κ2) is 5.85. The highest BCUT2D eigenvalue weighted by Gasteiger charge is 2.06. The lowest BCUT2D eigenvalue weighted by atomic mass is 10.2. The largest absolute Gasteiger partial charge is 0.491 e. The molecule has 0 aliphatic carbocycles. The van der Waals surface area contributed by atoms with Crippen molar-refractivity contribution in [3.63, 3.8) is 0 Å². The van der Waals surface area contributed by atoms with Crippen LogP contribution < -0.4 is 10.1 Å². The summed E-state index contributed by atoms with van der Waals surface area (Å²) < 4.78 is 10.9. The molecule has 0 atom stereocenters. The summed E-state index contributed by atoms with van der Waals surface area (Å²) in [7, 11) is 0. The first kappa shape index (κ1) is 13.5. The van der Waals surface area contributed by atoms with E-state index in [1.165, 1.54) is 0 Å². The van der Waals surface area contributed by atoms with E-state index in [-0.39, 0.29) is 13.2 Å². The fourth-order valence-electron chi connectivity index (χ4n) is 2.01. The Morgan fingerprint density at radius 2 is 2.00 bits per heavy atom. The maximum Gasteiger partial charge on any atom is 0.300 e. The molecule has 0 spiro atoms. The van der Waals surface area contributed by atoms with Gasteiger partial charge in [0.2, 0.25) is 0 Å². The quantitative estimate of drug-likeness (QED) is 0.752. The average molecular weight is 284 g/mol. The van der Waals surface area contributed by atoms with Crippen molar-refractivity contribution < 1.29 is 14.3 Å². The summed E-state index contributed by atoms with van der Waals surface area (Å²) in [5.74, 6) is 0.711. The number of rotatable bonds is 5. The number of ether oxygens (including phenoxy) is 1. The molecule has 0 radical (unpaired) electrons. The lowest BCUT2D eigenvalue weighted by molar-refractivity contribution is 0.201. The third-order valence-corrected chi connectivity index (χ3v) is 3.01. The molecule has 3 rings (SSSR count). The monoisotopic (exact) mass is 284 g/mol. The summed E-state index contributed by atoms with van der Waals surface area (Å²) in [6, 6.07) is 13.7. The van der Waals surface area contributed by atoms with E-state index in [1.807, 2.05) is 49.4 Å². The van der Waals surface area contributed by atoms with Crippen LogP contribution in [-0.2, 0) is 0 Å². The van der Waals surface area contributed by atoms with Gasteiger partial charge in [0.05, 0.1) is 6.61 Å². The van der Waals surface area contributed by atoms with E-state index in [9.17, 15) is 0 Å². The Bertz CT molecular complexity index is 735. The van der Waals surface area contributed by atoms with Gasteiger partial charge in [-0.15, -0.1) is 0 Å². The van der Waals surface area contributed by atoms with E-state index >= 15 is 0 Å². The SMILES string of the molecule is Cc1ccc2oc(Nc3ccc(OCCO)cc3)nc2c1. The Morgan fingerprint density at radius 3 is 2.76 bits per heavy atom. The topological polar surface area (TPSA) is 67.5 Å². The zero-order valence-corrected chi connectivity index (χ0v) is 11.7. The van der Waals surface area contributed by atoms with Gasteiger partial charge >= 0.3 is 0 Å². The standard InChI is InChI=1S/C16H16N2O3/c1-11-2-7-15-14(10-11)18-16(21-15)17-12-3-5-13(6-4-12)20-9-8-19/h2-7,10,19H,8-9H2,1H3,(H,17,18). The van der Waals surface area contributed by atoms with Gasteiger partial charge in [-0.3, -0.25) is 0 Å². The van der Waals surface area contributed by atoms with Crippen LogP contribution in [-0.4, -0.2) is 23.3 Å². The molecule has 0 bridgehead atoms. The molecule has 108 valence electrons. The van der Waals surface area contributed by atoms with Crippen molar-refractivity contribution in [3.8, 4) is 5.75 Å². The Hall–Kier alpha value is -2.53. The van der Waals surface area contributed by atoms with Gasteiger partial charge in [-0.25, -0.2) is 0 Å². The number of aliphatic hydroxyl groups excluding tert-OH is 1. The van der Waals surface area contributed by atoms with Crippen LogP contribution in [0.3, 0.4) is 0 Å². The lowest BCUT2D eigenvalue weighted by Gasteiger charge is -2.05. The van der Waals surface area contributed by atoms with Crippen LogP contribution in [0, 0.1) is 6.92 Å². The van der Waals surface area contributed by atoms with E-state index in [0.717, 1.165) is 22.4 Å². The van der Waals surface area contributed by atoms with Gasteiger partial charge in [-0.1, -0.05) is 6.07 Å². The first-order chi connectivity index (χ1) is 10.2. The van der Waals surface area contributed by atoms with E-state index < -0.39 is 0 Å². The molecule has 2 aromatic carbocycles. The third-order valence-electron chi connectivity index (χ3n) is 3.01. The highest BCUT2D eigenvalue weighted by molar-refractivity contribution is 5.76. The van der Waals surface area contributed by atoms with E-state index in [4.69, 9.17) is 14.3 Å². The van der Waals surface area contributed by atoms with Gasteiger partial charge < -0.3 is 19.6 Å². The maximum atomic E-state index is 8.71. The second-order valence-electron chi connectivity index (χ2n) is 4.71. The maximum absolute atomic E-state index is 8.71. The van der Waals surface area contributed by atoms with Gasteiger partial charge in [-0.05, 0) is 48.9 Å². The number of aryl methyl sites for hydroxylation is 1. The number of anilines is 2. The summed E-state index contributed by atoms with van der Waals surface area (Å²) in [6.07, 6.45) is 0. The van der Waals surface area contributed by atoms with Crippen LogP contribution in [0.1, 0.15) is 5.56 Å². The molecule has 2 N–H and O–H groups in total. The molecule has 21 heavy (non-hydrogen) atoms. The fourth-order valence-corrected chi connectivity index (χ4v) is 2.01. The van der Waals surface area contributed by atoms with E-state index in [0.29, 0.717) is 11.8 Å². The zero-order valence-electron chi connectivity index (χ0n) is 11.7. The van der Waals surface area contributed by atoms with Crippen LogP contribution in [0.15, 0.2) is 46.9 Å². The molecular formula is C16H16N2O3. The number of aromatic nitrogens is 1. The predicted molar refractivity (Wildman–Crippen MR) is 81.1 cm³/mol. The third kappa shape index (κ3) is 3.14. The Balaban J connectivity index is 1.75. The number of aliphatic hydroxyl groups is 1. The van der Waals surface area contributed by atoms with Crippen molar-refractivity contribution in [1.29, 1.82) is 0 Å². The Labute approximate surface area is 122 Å². The van der Waals surface area contributed by atoms with Gasteiger partial charge in [-0.2, -0.15) is 4.98 Å². The van der Waals surface area contributed by atoms with Crippen LogP contribution in [0.4, 0.5) is 11.7 Å². The summed E-state index contributed by atoms with van der Waals surface area (Å²) in [5, 5.41) is 11.8. The van der Waals surface area contributed by atoms with E-state index in [1.54, 1.807) is 0 Å². The average Bonchev–Trinajstić information content (AvgIpc) is 2.88. The lowest BCUT2D eigenvalue weighted by Crippen LogP contribution is -2.01. The number of benzene rings is 2. The molecule has 5 heteroatoms. The minimum absolute atomic E-state index is 0.00230. The smallest absolute Gasteiger partial charge is 0.300 e. The molecule has 1 aromatic heterocycles. The van der Waals surface area contributed by atoms with Crippen LogP contribution in [0.2, 0.25) is 0 Å². The van der Waals surface area contributed by atoms with Crippen molar-refractivity contribution in [2.75, 3.05) is 18.5 Å². The number of hydrogen-bond acceptors (Lipinski definition) is 5. The van der Waals surface area contributed by atoms with Crippen LogP contribution >= 0.6 is 0 Å². The summed E-state index contributed by atoms with van der Waals surface area (Å²) in [5.41, 5.74) is 3.59. The minimum Gasteiger partial charge on any atom is -0.491 e. The fraction of sp³-hybridized carbons (Fsp3) is 0.188. The van der Waals surface area contributed by atoms with Gasteiger partial charge in [0.15, 0.2) is 5.58 Å². The molecule has 1 heterocycles. The number of hydrogen-bond donors (Lipinski definition) is 2. The summed E-state index contributed by atoms with van der Waals surface area (Å²) in [4.78, 5) is 4.40. The molecule has 3 aromatic rings. The molecule has 0 aliphatic heterocycles. The Morgan fingerprint density at radius 1 is 1.19 bits per heavy atom. The van der Waals surface area contributed by atoms with Gasteiger partial charge in [0.1, 0.15) is 17.9 Å². The first-order valence-corrected chi connectivity index (χ1v) is 6.72. The van der Waals surface area contributed by atoms with Crippen LogP contribution in [0.5, 0.6) is 5.75 Å². The van der Waals surface area contributed by atoms with Crippen molar-refractivity contribution in [3.05, 3.63) is 48.0 Å². The molecule has 0 amide bonds. The molecule has 0 saturated carbocycles. The molecule has 0 saturated heterocycles. The van der Waals surface area contributed by atoms with E-state index in [2.05, 4.69) is 10.3 Å². The highest BCUT2D eigenvalue weighted by atomic mass is 16.5.